The summed E-state index contributed by atoms with van der Waals surface area (Å²) in [6.45, 7) is 2.16. The summed E-state index contributed by atoms with van der Waals surface area (Å²) in [6.07, 6.45) is -0.414. The van der Waals surface area contributed by atoms with Crippen molar-refractivity contribution in [1.82, 2.24) is 5.32 Å². The molecule has 1 unspecified atom stereocenters. The van der Waals surface area contributed by atoms with Crippen LogP contribution in [-0.2, 0) is 11.2 Å². The van der Waals surface area contributed by atoms with Gasteiger partial charge in [-0.15, -0.1) is 0 Å². The lowest BCUT2D eigenvalue weighted by Crippen LogP contribution is -2.29. The Kier molecular flexibility index (Phi) is 5.37. The normalized spacial score (nSPS) is 12.0. The number of aliphatic hydroxyl groups excluding tert-OH is 1. The van der Waals surface area contributed by atoms with Gasteiger partial charge in [-0.2, -0.15) is 0 Å². The summed E-state index contributed by atoms with van der Waals surface area (Å²) < 4.78 is 0. The van der Waals surface area contributed by atoms with Crippen LogP contribution in [0.2, 0.25) is 5.02 Å². The van der Waals surface area contributed by atoms with Gasteiger partial charge in [-0.05, 0) is 35.7 Å². The summed E-state index contributed by atoms with van der Waals surface area (Å²) in [7, 11) is 0. The fourth-order valence-electron chi connectivity index (χ4n) is 2.06. The van der Waals surface area contributed by atoms with Crippen LogP contribution in [0.4, 0.5) is 0 Å². The molecule has 2 aromatic rings. The quantitative estimate of drug-likeness (QED) is 0.892. The van der Waals surface area contributed by atoms with E-state index in [1.807, 2.05) is 31.2 Å². The first kappa shape index (κ1) is 15.5. The van der Waals surface area contributed by atoms with Crippen LogP contribution in [0.15, 0.2) is 48.5 Å². The number of benzene rings is 2. The van der Waals surface area contributed by atoms with E-state index in [1.54, 1.807) is 24.3 Å². The van der Waals surface area contributed by atoms with Crippen LogP contribution >= 0.6 is 11.6 Å². The number of rotatable bonds is 5. The topological polar surface area (TPSA) is 49.3 Å². The fourth-order valence-corrected chi connectivity index (χ4v) is 2.18. The van der Waals surface area contributed by atoms with Crippen LogP contribution < -0.4 is 5.32 Å². The first-order valence-corrected chi connectivity index (χ1v) is 7.19. The van der Waals surface area contributed by atoms with Crippen LogP contribution in [0.3, 0.4) is 0 Å². The van der Waals surface area contributed by atoms with Crippen molar-refractivity contribution in [3.63, 3.8) is 0 Å². The van der Waals surface area contributed by atoms with E-state index in [-0.39, 0.29) is 12.5 Å². The molecule has 0 aliphatic rings. The molecule has 110 valence electrons. The van der Waals surface area contributed by atoms with E-state index < -0.39 is 6.10 Å². The lowest BCUT2D eigenvalue weighted by Gasteiger charge is -2.13. The van der Waals surface area contributed by atoms with Gasteiger partial charge in [0.15, 0.2) is 0 Å². The SMILES string of the molecule is Cc1ccccc1CC(=O)NCC(O)c1ccc(Cl)cc1. The second-order valence-corrected chi connectivity index (χ2v) is 5.41. The highest BCUT2D eigenvalue weighted by Crippen LogP contribution is 2.15. The highest BCUT2D eigenvalue weighted by atomic mass is 35.5. The lowest BCUT2D eigenvalue weighted by molar-refractivity contribution is -0.120. The number of carbonyl (C=O) groups is 1. The summed E-state index contributed by atoms with van der Waals surface area (Å²) >= 11 is 5.80. The Labute approximate surface area is 129 Å². The second-order valence-electron chi connectivity index (χ2n) is 4.97. The van der Waals surface area contributed by atoms with Gasteiger partial charge < -0.3 is 10.4 Å². The second kappa shape index (κ2) is 7.25. The van der Waals surface area contributed by atoms with E-state index in [0.717, 1.165) is 16.7 Å². The molecule has 3 nitrogen and oxygen atoms in total. The minimum atomic E-state index is -0.733. The summed E-state index contributed by atoms with van der Waals surface area (Å²) in [5.74, 6) is -0.0997. The van der Waals surface area contributed by atoms with Gasteiger partial charge in [-0.25, -0.2) is 0 Å². The molecule has 0 aliphatic heterocycles. The lowest BCUT2D eigenvalue weighted by atomic mass is 10.1. The van der Waals surface area contributed by atoms with Gasteiger partial charge in [0.1, 0.15) is 0 Å². The van der Waals surface area contributed by atoms with Crippen molar-refractivity contribution < 1.29 is 9.90 Å². The molecule has 0 aromatic heterocycles. The summed E-state index contributed by atoms with van der Waals surface area (Å²) in [6, 6.07) is 14.7. The predicted molar refractivity (Wildman–Crippen MR) is 84.3 cm³/mol. The Morgan fingerprint density at radius 3 is 2.52 bits per heavy atom. The van der Waals surface area contributed by atoms with E-state index in [9.17, 15) is 9.90 Å². The molecule has 21 heavy (non-hydrogen) atoms. The third kappa shape index (κ3) is 4.59. The highest BCUT2D eigenvalue weighted by Gasteiger charge is 2.10. The first-order chi connectivity index (χ1) is 10.1. The van der Waals surface area contributed by atoms with E-state index in [0.29, 0.717) is 11.4 Å². The summed E-state index contributed by atoms with van der Waals surface area (Å²) in [5.41, 5.74) is 2.82. The Morgan fingerprint density at radius 2 is 1.86 bits per heavy atom. The largest absolute Gasteiger partial charge is 0.387 e. The van der Waals surface area contributed by atoms with Crippen molar-refractivity contribution in [3.8, 4) is 0 Å². The maximum Gasteiger partial charge on any atom is 0.224 e. The molecule has 0 fully saturated rings. The Hall–Kier alpha value is -1.84. The van der Waals surface area contributed by atoms with Crippen molar-refractivity contribution in [1.29, 1.82) is 0 Å². The van der Waals surface area contributed by atoms with Crippen molar-refractivity contribution in [2.24, 2.45) is 0 Å². The van der Waals surface area contributed by atoms with Gasteiger partial charge >= 0.3 is 0 Å². The number of amides is 1. The molecule has 2 aromatic carbocycles. The molecule has 0 saturated carbocycles. The first-order valence-electron chi connectivity index (χ1n) is 6.81. The molecule has 1 amide bonds. The van der Waals surface area contributed by atoms with Gasteiger partial charge in [0.05, 0.1) is 12.5 Å². The van der Waals surface area contributed by atoms with Crippen molar-refractivity contribution >= 4 is 17.5 Å². The van der Waals surface area contributed by atoms with Crippen molar-refractivity contribution in [3.05, 3.63) is 70.2 Å². The van der Waals surface area contributed by atoms with Crippen LogP contribution in [0, 0.1) is 6.92 Å². The molecular weight excluding hydrogens is 286 g/mol. The number of hydrogen-bond donors (Lipinski definition) is 2. The molecule has 0 radical (unpaired) electrons. The van der Waals surface area contributed by atoms with E-state index in [1.165, 1.54) is 0 Å². The molecule has 0 bridgehead atoms. The molecule has 0 heterocycles. The number of nitrogens with one attached hydrogen (secondary N) is 1. The number of aryl methyl sites for hydroxylation is 1. The average Bonchev–Trinajstić information content (AvgIpc) is 2.48. The van der Waals surface area contributed by atoms with Crippen molar-refractivity contribution in [2.45, 2.75) is 19.4 Å². The van der Waals surface area contributed by atoms with Crippen LogP contribution in [0.5, 0.6) is 0 Å². The zero-order valence-corrected chi connectivity index (χ0v) is 12.6. The molecule has 0 aliphatic carbocycles. The summed E-state index contributed by atoms with van der Waals surface area (Å²) in [5, 5.41) is 13.4. The minimum Gasteiger partial charge on any atom is -0.387 e. The van der Waals surface area contributed by atoms with Crippen LogP contribution in [-0.4, -0.2) is 17.6 Å². The van der Waals surface area contributed by atoms with Gasteiger partial charge in [0, 0.05) is 11.6 Å². The zero-order chi connectivity index (χ0) is 15.2. The molecule has 1 atom stereocenters. The monoisotopic (exact) mass is 303 g/mol. The maximum absolute atomic E-state index is 11.9. The van der Waals surface area contributed by atoms with Gasteiger partial charge in [-0.1, -0.05) is 48.0 Å². The number of hydrogen-bond acceptors (Lipinski definition) is 2. The summed E-state index contributed by atoms with van der Waals surface area (Å²) in [4.78, 5) is 11.9. The van der Waals surface area contributed by atoms with E-state index >= 15 is 0 Å². The predicted octanol–water partition coefficient (Wildman–Crippen LogP) is 3.04. The van der Waals surface area contributed by atoms with Gasteiger partial charge in [0.25, 0.3) is 0 Å². The number of aliphatic hydroxyl groups is 1. The third-order valence-corrected chi connectivity index (χ3v) is 3.61. The third-order valence-electron chi connectivity index (χ3n) is 3.36. The average molecular weight is 304 g/mol. The zero-order valence-electron chi connectivity index (χ0n) is 11.8. The Morgan fingerprint density at radius 1 is 1.19 bits per heavy atom. The van der Waals surface area contributed by atoms with Crippen LogP contribution in [0.25, 0.3) is 0 Å². The molecular formula is C17H18ClNO2. The molecule has 2 N–H and O–H groups in total. The number of halogens is 1. The Balaban J connectivity index is 1.86. The molecule has 2 rings (SSSR count). The smallest absolute Gasteiger partial charge is 0.224 e. The van der Waals surface area contributed by atoms with Crippen molar-refractivity contribution in [2.75, 3.05) is 6.54 Å². The number of carbonyl (C=O) groups excluding carboxylic acids is 1. The Bertz CT molecular complexity index is 610. The minimum absolute atomic E-state index is 0.0997. The molecule has 4 heteroatoms. The molecule has 0 spiro atoms. The van der Waals surface area contributed by atoms with Crippen LogP contribution in [0.1, 0.15) is 22.8 Å². The van der Waals surface area contributed by atoms with E-state index in [4.69, 9.17) is 11.6 Å². The maximum atomic E-state index is 11.9. The van der Waals surface area contributed by atoms with Gasteiger partial charge in [-0.3, -0.25) is 4.79 Å². The standard InChI is InChI=1S/C17H18ClNO2/c1-12-4-2-3-5-14(12)10-17(21)19-11-16(20)13-6-8-15(18)9-7-13/h2-9,16,20H,10-11H2,1H3,(H,19,21). The highest BCUT2D eigenvalue weighted by molar-refractivity contribution is 6.30. The van der Waals surface area contributed by atoms with E-state index in [2.05, 4.69) is 5.32 Å². The molecule has 0 saturated heterocycles. The fraction of sp³-hybridized carbons (Fsp3) is 0.235. The van der Waals surface area contributed by atoms with Gasteiger partial charge in [0.2, 0.25) is 5.91 Å².